The van der Waals surface area contributed by atoms with Gasteiger partial charge in [-0.25, -0.2) is 18.0 Å². The molecule has 0 unspecified atom stereocenters. The molecular weight excluding hydrogens is 430 g/mol. The molecule has 3 aromatic rings. The highest BCUT2D eigenvalue weighted by molar-refractivity contribution is 7.89. The summed E-state index contributed by atoms with van der Waals surface area (Å²) in [6.45, 7) is 9.03. The number of fused-ring (bicyclic) bond motifs is 1. The highest BCUT2D eigenvalue weighted by Crippen LogP contribution is 2.28. The zero-order chi connectivity index (χ0) is 23.6. The zero-order valence-corrected chi connectivity index (χ0v) is 19.6. The van der Waals surface area contributed by atoms with Crippen LogP contribution in [-0.2, 0) is 21.2 Å². The molecular formula is C24H27NO6S. The Labute approximate surface area is 187 Å². The van der Waals surface area contributed by atoms with Crippen molar-refractivity contribution in [3.05, 3.63) is 69.6 Å². The molecule has 0 radical (unpaired) electrons. The standard InChI is InChI=1S/C24H27NO6S/c1-6-17-12-19-16(5)11-22(26)30-21(19)13-20(17)31-24(27)23(14(2)3)25-32(28,29)18-9-7-15(4)8-10-18/h7-14,23,25H,6H2,1-5H3/t23-/m1/s1. The van der Waals surface area contributed by atoms with Crippen molar-refractivity contribution in [2.75, 3.05) is 0 Å². The summed E-state index contributed by atoms with van der Waals surface area (Å²) in [7, 11) is -3.93. The van der Waals surface area contributed by atoms with Crippen LogP contribution in [0.1, 0.15) is 37.5 Å². The summed E-state index contributed by atoms with van der Waals surface area (Å²) in [5.41, 5.74) is 2.23. The van der Waals surface area contributed by atoms with Crippen LogP contribution < -0.4 is 15.1 Å². The van der Waals surface area contributed by atoms with Gasteiger partial charge in [0.05, 0.1) is 4.90 Å². The molecule has 8 heteroatoms. The Morgan fingerprint density at radius 2 is 1.75 bits per heavy atom. The number of carbonyl (C=O) groups excluding carboxylic acids is 1. The molecule has 0 spiro atoms. The minimum absolute atomic E-state index is 0.0683. The van der Waals surface area contributed by atoms with Crippen LogP contribution in [0, 0.1) is 19.8 Å². The summed E-state index contributed by atoms with van der Waals surface area (Å²) < 4.78 is 39.0. The molecule has 1 atom stereocenters. The summed E-state index contributed by atoms with van der Waals surface area (Å²) in [6, 6.07) is 9.98. The summed E-state index contributed by atoms with van der Waals surface area (Å²) in [5.74, 6) is -0.868. The van der Waals surface area contributed by atoms with Gasteiger partial charge < -0.3 is 9.15 Å². The van der Waals surface area contributed by atoms with E-state index in [9.17, 15) is 18.0 Å². The van der Waals surface area contributed by atoms with Crippen LogP contribution in [0.15, 0.2) is 56.6 Å². The average Bonchev–Trinajstić information content (AvgIpc) is 2.71. The molecule has 0 aliphatic rings. The van der Waals surface area contributed by atoms with Gasteiger partial charge in [0.2, 0.25) is 10.0 Å². The Balaban J connectivity index is 1.93. The van der Waals surface area contributed by atoms with Crippen molar-refractivity contribution in [2.24, 2.45) is 5.92 Å². The minimum atomic E-state index is -3.93. The van der Waals surface area contributed by atoms with Crippen molar-refractivity contribution in [3.63, 3.8) is 0 Å². The van der Waals surface area contributed by atoms with Gasteiger partial charge in [0.1, 0.15) is 17.4 Å². The van der Waals surface area contributed by atoms with Crippen LogP contribution in [0.4, 0.5) is 0 Å². The summed E-state index contributed by atoms with van der Waals surface area (Å²) >= 11 is 0. The van der Waals surface area contributed by atoms with E-state index in [1.54, 1.807) is 32.9 Å². The second-order valence-corrected chi connectivity index (χ2v) is 9.85. The Hall–Kier alpha value is -2.97. The summed E-state index contributed by atoms with van der Waals surface area (Å²) in [6.07, 6.45) is 0.568. The number of nitrogens with one attached hydrogen (secondary N) is 1. The topological polar surface area (TPSA) is 103 Å². The van der Waals surface area contributed by atoms with Crippen molar-refractivity contribution in [1.29, 1.82) is 0 Å². The third-order valence-electron chi connectivity index (χ3n) is 5.26. The maximum absolute atomic E-state index is 13.0. The summed E-state index contributed by atoms with van der Waals surface area (Å²) in [4.78, 5) is 24.8. The van der Waals surface area contributed by atoms with Gasteiger partial charge in [0, 0.05) is 17.5 Å². The number of aryl methyl sites for hydroxylation is 3. The number of hydrogen-bond acceptors (Lipinski definition) is 6. The molecule has 0 saturated heterocycles. The molecule has 32 heavy (non-hydrogen) atoms. The number of sulfonamides is 1. The van der Waals surface area contributed by atoms with E-state index in [1.807, 2.05) is 19.9 Å². The lowest BCUT2D eigenvalue weighted by molar-refractivity contribution is -0.137. The van der Waals surface area contributed by atoms with E-state index >= 15 is 0 Å². The van der Waals surface area contributed by atoms with Crippen LogP contribution >= 0.6 is 0 Å². The molecule has 0 bridgehead atoms. The molecule has 0 amide bonds. The Morgan fingerprint density at radius 3 is 2.34 bits per heavy atom. The van der Waals surface area contributed by atoms with Crippen LogP contribution in [0.5, 0.6) is 5.75 Å². The quantitative estimate of drug-likeness (QED) is 0.328. The maximum Gasteiger partial charge on any atom is 0.336 e. The van der Waals surface area contributed by atoms with Gasteiger partial charge in [-0.15, -0.1) is 0 Å². The van der Waals surface area contributed by atoms with E-state index in [1.165, 1.54) is 24.3 Å². The van der Waals surface area contributed by atoms with Gasteiger partial charge in [0.25, 0.3) is 0 Å². The minimum Gasteiger partial charge on any atom is -0.425 e. The number of rotatable bonds is 7. The molecule has 3 rings (SSSR count). The van der Waals surface area contributed by atoms with Crippen LogP contribution in [0.2, 0.25) is 0 Å². The fourth-order valence-electron chi connectivity index (χ4n) is 3.34. The first-order valence-electron chi connectivity index (χ1n) is 10.4. The van der Waals surface area contributed by atoms with Crippen molar-refractivity contribution in [2.45, 2.75) is 52.0 Å². The van der Waals surface area contributed by atoms with E-state index in [2.05, 4.69) is 4.72 Å². The predicted molar refractivity (Wildman–Crippen MR) is 122 cm³/mol. The Bertz CT molecular complexity index is 1310. The van der Waals surface area contributed by atoms with Gasteiger partial charge in [-0.05, 0) is 55.5 Å². The van der Waals surface area contributed by atoms with E-state index in [0.29, 0.717) is 12.0 Å². The average molecular weight is 458 g/mol. The molecule has 0 fully saturated rings. The number of hydrogen-bond donors (Lipinski definition) is 1. The lowest BCUT2D eigenvalue weighted by Gasteiger charge is -2.21. The van der Waals surface area contributed by atoms with Crippen LogP contribution in [-0.4, -0.2) is 20.4 Å². The lowest BCUT2D eigenvalue weighted by atomic mass is 10.0. The Morgan fingerprint density at radius 1 is 1.09 bits per heavy atom. The zero-order valence-electron chi connectivity index (χ0n) is 18.8. The number of carbonyl (C=O) groups is 1. The molecule has 0 aliphatic heterocycles. The van der Waals surface area contributed by atoms with Gasteiger partial charge >= 0.3 is 11.6 Å². The number of benzene rings is 2. The molecule has 170 valence electrons. The molecule has 2 aromatic carbocycles. The van der Waals surface area contributed by atoms with Gasteiger partial charge in [0.15, 0.2) is 0 Å². The second kappa shape index (κ2) is 9.26. The number of esters is 1. The molecule has 0 saturated carbocycles. The highest BCUT2D eigenvalue weighted by atomic mass is 32.2. The van der Waals surface area contributed by atoms with Gasteiger partial charge in [-0.2, -0.15) is 4.72 Å². The first kappa shape index (κ1) is 23.7. The van der Waals surface area contributed by atoms with E-state index in [4.69, 9.17) is 9.15 Å². The predicted octanol–water partition coefficient (Wildman–Crippen LogP) is 3.88. The molecule has 1 aromatic heterocycles. The van der Waals surface area contributed by atoms with E-state index < -0.39 is 27.7 Å². The second-order valence-electron chi connectivity index (χ2n) is 8.14. The Kier molecular flexibility index (Phi) is 6.85. The largest absolute Gasteiger partial charge is 0.425 e. The normalized spacial score (nSPS) is 12.8. The first-order valence-corrected chi connectivity index (χ1v) is 11.9. The molecule has 0 aliphatic carbocycles. The SMILES string of the molecule is CCc1cc2c(C)cc(=O)oc2cc1OC(=O)[C@H](NS(=O)(=O)c1ccc(C)cc1)C(C)C. The van der Waals surface area contributed by atoms with Gasteiger partial charge in [-0.1, -0.05) is 38.5 Å². The van der Waals surface area contributed by atoms with E-state index in [-0.39, 0.29) is 16.6 Å². The fourth-order valence-corrected chi connectivity index (χ4v) is 4.68. The fraction of sp³-hybridized carbons (Fsp3) is 0.333. The third-order valence-corrected chi connectivity index (χ3v) is 6.71. The van der Waals surface area contributed by atoms with Crippen molar-refractivity contribution in [1.82, 2.24) is 4.72 Å². The van der Waals surface area contributed by atoms with Crippen molar-refractivity contribution < 1.29 is 22.4 Å². The van der Waals surface area contributed by atoms with Crippen molar-refractivity contribution in [3.8, 4) is 5.75 Å². The molecule has 1 N–H and O–H groups in total. The first-order chi connectivity index (χ1) is 15.0. The maximum atomic E-state index is 13.0. The number of ether oxygens (including phenoxy) is 1. The lowest BCUT2D eigenvalue weighted by Crippen LogP contribution is -2.46. The molecule has 7 nitrogen and oxygen atoms in total. The highest BCUT2D eigenvalue weighted by Gasteiger charge is 2.30. The summed E-state index contributed by atoms with van der Waals surface area (Å²) in [5, 5.41) is 0.752. The van der Waals surface area contributed by atoms with E-state index in [0.717, 1.165) is 22.1 Å². The van der Waals surface area contributed by atoms with Crippen molar-refractivity contribution >= 4 is 27.0 Å². The molecule has 1 heterocycles. The third kappa shape index (κ3) is 5.08. The van der Waals surface area contributed by atoms with Crippen LogP contribution in [0.3, 0.4) is 0 Å². The smallest absolute Gasteiger partial charge is 0.336 e. The van der Waals surface area contributed by atoms with Crippen LogP contribution in [0.25, 0.3) is 11.0 Å². The van der Waals surface area contributed by atoms with Gasteiger partial charge in [-0.3, -0.25) is 0 Å². The monoisotopic (exact) mass is 457 g/mol.